The van der Waals surface area contributed by atoms with Crippen molar-refractivity contribution in [2.45, 2.75) is 13.3 Å². The molecule has 1 aromatic heterocycles. The molecule has 0 aliphatic heterocycles. The number of para-hydroxylation sites is 2. The molecule has 0 bridgehead atoms. The first-order chi connectivity index (χ1) is 12.1. The first-order valence-corrected chi connectivity index (χ1v) is 8.25. The van der Waals surface area contributed by atoms with Gasteiger partial charge in [0.05, 0.1) is 0 Å². The Balaban J connectivity index is 1.56. The van der Waals surface area contributed by atoms with Gasteiger partial charge < -0.3 is 14.6 Å². The van der Waals surface area contributed by atoms with Gasteiger partial charge in [-0.2, -0.15) is 0 Å². The molecule has 0 saturated carbocycles. The molecule has 5 heteroatoms. The van der Waals surface area contributed by atoms with Crippen LogP contribution in [0.5, 0.6) is 5.75 Å². The average Bonchev–Trinajstić information content (AvgIpc) is 2.86. The summed E-state index contributed by atoms with van der Waals surface area (Å²) in [5.41, 5.74) is 3.61. The summed E-state index contributed by atoms with van der Waals surface area (Å²) in [6.45, 7) is 2.39. The third-order valence-corrected chi connectivity index (χ3v) is 4.42. The standard InChI is InChI=1S/C20H21FN2O2/c1-14-15(16-7-3-5-9-18(16)23(14)2)11-12-22-20(24)13-25-19-10-6-4-8-17(19)21/h3-10H,11-13H2,1-2H3,(H,22,24). The highest BCUT2D eigenvalue weighted by Gasteiger charge is 2.12. The topological polar surface area (TPSA) is 43.3 Å². The third kappa shape index (κ3) is 3.65. The van der Waals surface area contributed by atoms with Crippen molar-refractivity contribution in [2.75, 3.05) is 13.2 Å². The van der Waals surface area contributed by atoms with E-state index in [1.165, 1.54) is 34.3 Å². The van der Waals surface area contributed by atoms with Gasteiger partial charge >= 0.3 is 0 Å². The number of rotatable bonds is 6. The van der Waals surface area contributed by atoms with Crippen molar-refractivity contribution in [3.63, 3.8) is 0 Å². The van der Waals surface area contributed by atoms with Gasteiger partial charge in [-0.3, -0.25) is 4.79 Å². The second-order valence-corrected chi connectivity index (χ2v) is 5.96. The second kappa shape index (κ2) is 7.38. The quantitative estimate of drug-likeness (QED) is 0.748. The van der Waals surface area contributed by atoms with Crippen molar-refractivity contribution in [1.29, 1.82) is 0 Å². The predicted molar refractivity (Wildman–Crippen MR) is 96.3 cm³/mol. The number of amides is 1. The number of aryl methyl sites for hydroxylation is 1. The Kier molecular flexibility index (Phi) is 5.03. The number of halogens is 1. The molecule has 1 amide bonds. The molecule has 3 aromatic rings. The van der Waals surface area contributed by atoms with Crippen LogP contribution in [0.4, 0.5) is 4.39 Å². The highest BCUT2D eigenvalue weighted by molar-refractivity contribution is 5.85. The van der Waals surface area contributed by atoms with Gasteiger partial charge in [0.15, 0.2) is 18.2 Å². The van der Waals surface area contributed by atoms with Crippen molar-refractivity contribution in [2.24, 2.45) is 7.05 Å². The SMILES string of the molecule is Cc1c(CCNC(=O)COc2ccccc2F)c2ccccc2n1C. The van der Waals surface area contributed by atoms with Crippen LogP contribution in [0.1, 0.15) is 11.3 Å². The predicted octanol–water partition coefficient (Wildman–Crippen LogP) is 3.36. The Morgan fingerprint density at radius 2 is 1.88 bits per heavy atom. The van der Waals surface area contributed by atoms with Crippen LogP contribution in [0, 0.1) is 12.7 Å². The van der Waals surface area contributed by atoms with E-state index in [-0.39, 0.29) is 18.3 Å². The van der Waals surface area contributed by atoms with Gasteiger partial charge in [-0.05, 0) is 37.1 Å². The minimum atomic E-state index is -0.471. The molecule has 0 fully saturated rings. The number of hydrogen-bond acceptors (Lipinski definition) is 2. The van der Waals surface area contributed by atoms with Crippen molar-refractivity contribution in [3.05, 3.63) is 65.6 Å². The molecule has 2 aromatic carbocycles. The van der Waals surface area contributed by atoms with Crippen molar-refractivity contribution < 1.29 is 13.9 Å². The summed E-state index contributed by atoms with van der Waals surface area (Å²) in [5, 5.41) is 4.03. The van der Waals surface area contributed by atoms with Gasteiger partial charge in [-0.25, -0.2) is 4.39 Å². The van der Waals surface area contributed by atoms with Gasteiger partial charge in [-0.15, -0.1) is 0 Å². The molecule has 3 rings (SSSR count). The number of carbonyl (C=O) groups excluding carboxylic acids is 1. The first kappa shape index (κ1) is 17.0. The zero-order valence-corrected chi connectivity index (χ0v) is 14.4. The Bertz CT molecular complexity index is 902. The molecule has 0 atom stereocenters. The largest absolute Gasteiger partial charge is 0.481 e. The summed E-state index contributed by atoms with van der Waals surface area (Å²) in [5.74, 6) is -0.648. The van der Waals surface area contributed by atoms with Crippen LogP contribution in [0.15, 0.2) is 48.5 Å². The normalized spacial score (nSPS) is 10.8. The highest BCUT2D eigenvalue weighted by atomic mass is 19.1. The van der Waals surface area contributed by atoms with E-state index in [1.54, 1.807) is 12.1 Å². The number of nitrogens with one attached hydrogen (secondary N) is 1. The zero-order valence-electron chi connectivity index (χ0n) is 14.4. The lowest BCUT2D eigenvalue weighted by molar-refractivity contribution is -0.123. The van der Waals surface area contributed by atoms with Gasteiger partial charge in [0.25, 0.3) is 5.91 Å². The number of aromatic nitrogens is 1. The van der Waals surface area contributed by atoms with E-state index in [0.717, 1.165) is 6.42 Å². The van der Waals surface area contributed by atoms with E-state index in [9.17, 15) is 9.18 Å². The van der Waals surface area contributed by atoms with E-state index < -0.39 is 5.82 Å². The number of benzene rings is 2. The summed E-state index contributed by atoms with van der Waals surface area (Å²) in [7, 11) is 2.04. The van der Waals surface area contributed by atoms with E-state index in [0.29, 0.717) is 6.54 Å². The van der Waals surface area contributed by atoms with Crippen LogP contribution >= 0.6 is 0 Å². The molecule has 0 unspecified atom stereocenters. The maximum absolute atomic E-state index is 13.4. The lowest BCUT2D eigenvalue weighted by Crippen LogP contribution is -2.30. The fourth-order valence-corrected chi connectivity index (χ4v) is 3.00. The summed E-state index contributed by atoms with van der Waals surface area (Å²) in [4.78, 5) is 11.9. The third-order valence-electron chi connectivity index (χ3n) is 4.42. The minimum Gasteiger partial charge on any atom is -0.481 e. The lowest BCUT2D eigenvalue weighted by Gasteiger charge is -2.08. The average molecular weight is 340 g/mol. The Morgan fingerprint density at radius 3 is 2.68 bits per heavy atom. The molecule has 1 N–H and O–H groups in total. The van der Waals surface area contributed by atoms with Gasteiger partial charge in [-0.1, -0.05) is 30.3 Å². The molecule has 0 saturated heterocycles. The van der Waals surface area contributed by atoms with Crippen molar-refractivity contribution in [1.82, 2.24) is 9.88 Å². The van der Waals surface area contributed by atoms with Gasteiger partial charge in [0.1, 0.15) is 0 Å². The molecule has 25 heavy (non-hydrogen) atoms. The van der Waals surface area contributed by atoms with Crippen LogP contribution in [-0.4, -0.2) is 23.6 Å². The van der Waals surface area contributed by atoms with E-state index in [1.807, 2.05) is 19.2 Å². The van der Waals surface area contributed by atoms with Crippen LogP contribution in [0.3, 0.4) is 0 Å². The van der Waals surface area contributed by atoms with Crippen LogP contribution in [0.25, 0.3) is 10.9 Å². The number of fused-ring (bicyclic) bond motifs is 1. The van der Waals surface area contributed by atoms with Gasteiger partial charge in [0, 0.05) is 30.2 Å². The van der Waals surface area contributed by atoms with Crippen LogP contribution in [0.2, 0.25) is 0 Å². The Hall–Kier alpha value is -2.82. The maximum atomic E-state index is 13.4. The van der Waals surface area contributed by atoms with E-state index >= 15 is 0 Å². The molecule has 0 aliphatic carbocycles. The van der Waals surface area contributed by atoms with Gasteiger partial charge in [0.2, 0.25) is 0 Å². The smallest absolute Gasteiger partial charge is 0.257 e. The fraction of sp³-hybridized carbons (Fsp3) is 0.250. The van der Waals surface area contributed by atoms with E-state index in [2.05, 4.69) is 28.9 Å². The molecular weight excluding hydrogens is 319 g/mol. The minimum absolute atomic E-state index is 0.0857. The van der Waals surface area contributed by atoms with Crippen molar-refractivity contribution >= 4 is 16.8 Å². The van der Waals surface area contributed by atoms with Crippen molar-refractivity contribution in [3.8, 4) is 5.75 Å². The molecule has 130 valence electrons. The molecule has 4 nitrogen and oxygen atoms in total. The highest BCUT2D eigenvalue weighted by Crippen LogP contribution is 2.24. The zero-order chi connectivity index (χ0) is 17.8. The second-order valence-electron chi connectivity index (χ2n) is 5.96. The summed E-state index contributed by atoms with van der Waals surface area (Å²) in [6.07, 6.45) is 0.735. The lowest BCUT2D eigenvalue weighted by atomic mass is 10.1. The molecular formula is C20H21FN2O2. The number of ether oxygens (including phenoxy) is 1. The molecule has 0 aliphatic rings. The van der Waals surface area contributed by atoms with E-state index in [4.69, 9.17) is 4.74 Å². The fourth-order valence-electron chi connectivity index (χ4n) is 3.00. The monoisotopic (exact) mass is 340 g/mol. The molecule has 0 radical (unpaired) electrons. The first-order valence-electron chi connectivity index (χ1n) is 8.25. The number of hydrogen-bond donors (Lipinski definition) is 1. The summed E-state index contributed by atoms with van der Waals surface area (Å²) < 4.78 is 20.8. The maximum Gasteiger partial charge on any atom is 0.257 e. The number of nitrogens with zero attached hydrogens (tertiary/aromatic N) is 1. The number of carbonyl (C=O) groups is 1. The molecule has 1 heterocycles. The molecule has 0 spiro atoms. The summed E-state index contributed by atoms with van der Waals surface area (Å²) >= 11 is 0. The summed E-state index contributed by atoms with van der Waals surface area (Å²) in [6, 6.07) is 14.3. The Labute approximate surface area is 146 Å². The van der Waals surface area contributed by atoms with Crippen LogP contribution in [-0.2, 0) is 18.3 Å². The Morgan fingerprint density at radius 1 is 1.16 bits per heavy atom. The van der Waals surface area contributed by atoms with Crippen LogP contribution < -0.4 is 10.1 Å².